The Morgan fingerprint density at radius 3 is 2.29 bits per heavy atom. The number of hydrogen-bond donors (Lipinski definition) is 0. The second-order valence-corrected chi connectivity index (χ2v) is 4.90. The number of Topliss-reactive ketones (excluding diaryl/α,β-unsaturated/α-hetero) is 1. The van der Waals surface area contributed by atoms with Crippen molar-refractivity contribution in [3.05, 3.63) is 65.9 Å². The molecule has 21 heavy (non-hydrogen) atoms. The van der Waals surface area contributed by atoms with Crippen molar-refractivity contribution in [3.63, 3.8) is 0 Å². The highest BCUT2D eigenvalue weighted by molar-refractivity contribution is 5.94. The number of rotatable bonds is 3. The lowest BCUT2D eigenvalue weighted by Gasteiger charge is -2.04. The molecular formula is C17H15N3O. The molecule has 0 radical (unpaired) electrons. The molecule has 0 spiro atoms. The maximum atomic E-state index is 11.3. The summed E-state index contributed by atoms with van der Waals surface area (Å²) in [5.41, 5.74) is 4.44. The van der Waals surface area contributed by atoms with Crippen molar-refractivity contribution in [1.82, 2.24) is 15.0 Å². The molecule has 0 aliphatic heterocycles. The SMILES string of the molecule is CC(=O)c1ccc(-c2nnn(-c3ccccc3)c2C)cc1. The van der Waals surface area contributed by atoms with Crippen molar-refractivity contribution in [1.29, 1.82) is 0 Å². The first-order valence-electron chi connectivity index (χ1n) is 6.76. The summed E-state index contributed by atoms with van der Waals surface area (Å²) in [6.07, 6.45) is 0. The molecule has 0 bridgehead atoms. The first kappa shape index (κ1) is 13.2. The molecule has 3 rings (SSSR count). The Bertz CT molecular complexity index is 774. The van der Waals surface area contributed by atoms with Gasteiger partial charge in [0, 0.05) is 11.1 Å². The molecule has 3 aromatic rings. The van der Waals surface area contributed by atoms with E-state index in [9.17, 15) is 4.79 Å². The Kier molecular flexibility index (Phi) is 3.36. The van der Waals surface area contributed by atoms with Crippen LogP contribution in [0.25, 0.3) is 16.9 Å². The average Bonchev–Trinajstić information content (AvgIpc) is 2.90. The van der Waals surface area contributed by atoms with Crippen molar-refractivity contribution in [2.24, 2.45) is 0 Å². The third kappa shape index (κ3) is 2.48. The molecule has 0 saturated heterocycles. The van der Waals surface area contributed by atoms with Gasteiger partial charge in [0.15, 0.2) is 5.78 Å². The number of carbonyl (C=O) groups is 1. The molecule has 0 fully saturated rings. The van der Waals surface area contributed by atoms with Crippen LogP contribution in [0.1, 0.15) is 23.0 Å². The molecule has 0 saturated carbocycles. The number of para-hydroxylation sites is 1. The molecule has 0 atom stereocenters. The Balaban J connectivity index is 2.01. The van der Waals surface area contributed by atoms with Gasteiger partial charge in [0.05, 0.1) is 11.4 Å². The second-order valence-electron chi connectivity index (χ2n) is 4.90. The summed E-state index contributed by atoms with van der Waals surface area (Å²) in [6.45, 7) is 3.55. The van der Waals surface area contributed by atoms with Gasteiger partial charge >= 0.3 is 0 Å². The molecule has 0 aliphatic rings. The fourth-order valence-corrected chi connectivity index (χ4v) is 2.27. The van der Waals surface area contributed by atoms with Crippen LogP contribution in [-0.2, 0) is 0 Å². The Morgan fingerprint density at radius 1 is 1.00 bits per heavy atom. The topological polar surface area (TPSA) is 47.8 Å². The smallest absolute Gasteiger partial charge is 0.159 e. The Labute approximate surface area is 123 Å². The predicted molar refractivity (Wildman–Crippen MR) is 81.5 cm³/mol. The lowest BCUT2D eigenvalue weighted by atomic mass is 10.1. The number of benzene rings is 2. The van der Waals surface area contributed by atoms with E-state index in [1.54, 1.807) is 6.92 Å². The van der Waals surface area contributed by atoms with Crippen LogP contribution in [-0.4, -0.2) is 20.8 Å². The normalized spacial score (nSPS) is 10.6. The van der Waals surface area contributed by atoms with E-state index in [0.717, 1.165) is 22.6 Å². The van der Waals surface area contributed by atoms with E-state index in [-0.39, 0.29) is 5.78 Å². The Morgan fingerprint density at radius 2 is 1.67 bits per heavy atom. The molecule has 1 aromatic heterocycles. The van der Waals surface area contributed by atoms with Crippen LogP contribution in [0.4, 0.5) is 0 Å². The lowest BCUT2D eigenvalue weighted by molar-refractivity contribution is 0.101. The fourth-order valence-electron chi connectivity index (χ4n) is 2.27. The van der Waals surface area contributed by atoms with Crippen LogP contribution in [0.2, 0.25) is 0 Å². The first-order chi connectivity index (χ1) is 10.2. The molecule has 0 aliphatic carbocycles. The van der Waals surface area contributed by atoms with Crippen molar-refractivity contribution < 1.29 is 4.79 Å². The number of ketones is 1. The quantitative estimate of drug-likeness (QED) is 0.689. The van der Waals surface area contributed by atoms with Gasteiger partial charge in [-0.15, -0.1) is 5.10 Å². The van der Waals surface area contributed by atoms with Gasteiger partial charge < -0.3 is 0 Å². The van der Waals surface area contributed by atoms with Crippen LogP contribution in [0.15, 0.2) is 54.6 Å². The summed E-state index contributed by atoms with van der Waals surface area (Å²) in [6, 6.07) is 17.3. The van der Waals surface area contributed by atoms with Gasteiger partial charge in [-0.1, -0.05) is 47.7 Å². The largest absolute Gasteiger partial charge is 0.295 e. The maximum absolute atomic E-state index is 11.3. The minimum absolute atomic E-state index is 0.0613. The highest BCUT2D eigenvalue weighted by atomic mass is 16.1. The van der Waals surface area contributed by atoms with Gasteiger partial charge in [-0.3, -0.25) is 4.79 Å². The fraction of sp³-hybridized carbons (Fsp3) is 0.118. The molecule has 2 aromatic carbocycles. The van der Waals surface area contributed by atoms with Crippen molar-refractivity contribution in [2.75, 3.05) is 0 Å². The standard InChI is InChI=1S/C17H15N3O/c1-12-17(15-10-8-14(9-11-15)13(2)21)18-19-20(12)16-6-4-3-5-7-16/h3-11H,1-2H3. The predicted octanol–water partition coefficient (Wildman–Crippen LogP) is 3.45. The summed E-state index contributed by atoms with van der Waals surface area (Å²) in [5, 5.41) is 8.48. The van der Waals surface area contributed by atoms with Gasteiger partial charge in [-0.2, -0.15) is 0 Å². The molecule has 4 nitrogen and oxygen atoms in total. The van der Waals surface area contributed by atoms with E-state index in [2.05, 4.69) is 10.3 Å². The zero-order valence-electron chi connectivity index (χ0n) is 11.9. The minimum atomic E-state index is 0.0613. The van der Waals surface area contributed by atoms with E-state index in [1.807, 2.05) is 66.2 Å². The van der Waals surface area contributed by atoms with Gasteiger partial charge in [0.1, 0.15) is 5.69 Å². The third-order valence-electron chi connectivity index (χ3n) is 3.46. The zero-order chi connectivity index (χ0) is 14.8. The molecule has 0 amide bonds. The highest BCUT2D eigenvalue weighted by Crippen LogP contribution is 2.23. The van der Waals surface area contributed by atoms with E-state index in [0.29, 0.717) is 5.56 Å². The number of nitrogens with zero attached hydrogens (tertiary/aromatic N) is 3. The van der Waals surface area contributed by atoms with Crippen molar-refractivity contribution in [3.8, 4) is 16.9 Å². The molecule has 0 unspecified atom stereocenters. The molecule has 0 N–H and O–H groups in total. The number of carbonyl (C=O) groups excluding carboxylic acids is 1. The Hall–Kier alpha value is -2.75. The van der Waals surface area contributed by atoms with Crippen LogP contribution in [0.5, 0.6) is 0 Å². The van der Waals surface area contributed by atoms with E-state index >= 15 is 0 Å². The van der Waals surface area contributed by atoms with Crippen molar-refractivity contribution in [2.45, 2.75) is 13.8 Å². The van der Waals surface area contributed by atoms with Gasteiger partial charge in [0.2, 0.25) is 0 Å². The summed E-state index contributed by atoms with van der Waals surface area (Å²) < 4.78 is 1.81. The third-order valence-corrected chi connectivity index (χ3v) is 3.46. The summed E-state index contributed by atoms with van der Waals surface area (Å²) in [4.78, 5) is 11.3. The van der Waals surface area contributed by atoms with Gasteiger partial charge in [-0.05, 0) is 26.0 Å². The van der Waals surface area contributed by atoms with Crippen LogP contribution in [0.3, 0.4) is 0 Å². The van der Waals surface area contributed by atoms with Gasteiger partial charge in [0.25, 0.3) is 0 Å². The van der Waals surface area contributed by atoms with Crippen LogP contribution < -0.4 is 0 Å². The van der Waals surface area contributed by atoms with Gasteiger partial charge in [-0.25, -0.2) is 4.68 Å². The monoisotopic (exact) mass is 277 g/mol. The summed E-state index contributed by atoms with van der Waals surface area (Å²) in [5.74, 6) is 0.0613. The van der Waals surface area contributed by atoms with Crippen LogP contribution >= 0.6 is 0 Å². The number of aromatic nitrogens is 3. The van der Waals surface area contributed by atoms with E-state index in [1.165, 1.54) is 0 Å². The molecule has 1 heterocycles. The molecular weight excluding hydrogens is 262 g/mol. The maximum Gasteiger partial charge on any atom is 0.159 e. The summed E-state index contributed by atoms with van der Waals surface area (Å²) >= 11 is 0. The number of hydrogen-bond acceptors (Lipinski definition) is 3. The van der Waals surface area contributed by atoms with E-state index in [4.69, 9.17) is 0 Å². The van der Waals surface area contributed by atoms with Crippen molar-refractivity contribution >= 4 is 5.78 Å². The van der Waals surface area contributed by atoms with E-state index < -0.39 is 0 Å². The first-order valence-corrected chi connectivity index (χ1v) is 6.76. The minimum Gasteiger partial charge on any atom is -0.295 e. The highest BCUT2D eigenvalue weighted by Gasteiger charge is 2.12. The lowest BCUT2D eigenvalue weighted by Crippen LogP contribution is -1.98. The molecule has 104 valence electrons. The summed E-state index contributed by atoms with van der Waals surface area (Å²) in [7, 11) is 0. The molecule has 4 heteroatoms. The van der Waals surface area contributed by atoms with Crippen LogP contribution in [0, 0.1) is 6.92 Å². The second kappa shape index (κ2) is 5.32. The zero-order valence-corrected chi connectivity index (χ0v) is 11.9. The average molecular weight is 277 g/mol.